The number of rotatable bonds is 5. The minimum Gasteiger partial charge on any atom is -0.481 e. The van der Waals surface area contributed by atoms with Gasteiger partial charge in [0.25, 0.3) is 11.6 Å². The van der Waals surface area contributed by atoms with E-state index < -0.39 is 28.5 Å². The maximum absolute atomic E-state index is 12.7. The van der Waals surface area contributed by atoms with E-state index in [1.165, 1.54) is 24.1 Å². The molecule has 1 heterocycles. The molecule has 8 nitrogen and oxygen atoms in total. The third-order valence-corrected chi connectivity index (χ3v) is 4.00. The molecule has 0 aliphatic carbocycles. The third kappa shape index (κ3) is 3.77. The molecule has 124 valence electrons. The zero-order valence-corrected chi connectivity index (χ0v) is 13.0. The van der Waals surface area contributed by atoms with Crippen molar-refractivity contribution in [1.82, 2.24) is 4.90 Å². The van der Waals surface area contributed by atoms with Crippen molar-refractivity contribution in [3.05, 3.63) is 38.9 Å². The molecule has 23 heavy (non-hydrogen) atoms. The minimum absolute atomic E-state index is 0.119. The summed E-state index contributed by atoms with van der Waals surface area (Å²) in [7, 11) is 1.47. The summed E-state index contributed by atoms with van der Waals surface area (Å²) in [4.78, 5) is 35.4. The van der Waals surface area contributed by atoms with Crippen LogP contribution in [0.15, 0.2) is 18.2 Å². The van der Waals surface area contributed by atoms with E-state index in [1.807, 2.05) is 0 Å². The maximum atomic E-state index is 12.7. The summed E-state index contributed by atoms with van der Waals surface area (Å²) in [5, 5.41) is 20.3. The zero-order chi connectivity index (χ0) is 17.1. The largest absolute Gasteiger partial charge is 0.481 e. The molecule has 1 saturated heterocycles. The number of nitrogens with zero attached hydrogens (tertiary/aromatic N) is 2. The molecule has 0 bridgehead atoms. The molecule has 1 amide bonds. The van der Waals surface area contributed by atoms with Crippen molar-refractivity contribution in [2.75, 3.05) is 13.7 Å². The highest BCUT2D eigenvalue weighted by molar-refractivity contribution is 6.31. The molecule has 0 saturated carbocycles. The van der Waals surface area contributed by atoms with Crippen molar-refractivity contribution < 1.29 is 24.4 Å². The van der Waals surface area contributed by atoms with E-state index in [1.54, 1.807) is 0 Å². The van der Waals surface area contributed by atoms with Crippen molar-refractivity contribution in [3.8, 4) is 0 Å². The quantitative estimate of drug-likeness (QED) is 0.647. The Kier molecular flexibility index (Phi) is 5.17. The first-order valence-corrected chi connectivity index (χ1v) is 7.20. The topological polar surface area (TPSA) is 110 Å². The van der Waals surface area contributed by atoms with Gasteiger partial charge in [0.05, 0.1) is 17.4 Å². The first kappa shape index (κ1) is 17.2. The van der Waals surface area contributed by atoms with Gasteiger partial charge in [-0.25, -0.2) is 0 Å². The Balaban J connectivity index is 2.34. The van der Waals surface area contributed by atoms with Gasteiger partial charge in [0.15, 0.2) is 0 Å². The van der Waals surface area contributed by atoms with Crippen LogP contribution < -0.4 is 0 Å². The maximum Gasteiger partial charge on any atom is 0.305 e. The van der Waals surface area contributed by atoms with Crippen LogP contribution in [0.4, 0.5) is 5.69 Å². The smallest absolute Gasteiger partial charge is 0.305 e. The number of ether oxygens (including phenoxy) is 1. The number of hydrogen-bond acceptors (Lipinski definition) is 5. The van der Waals surface area contributed by atoms with Crippen molar-refractivity contribution >= 4 is 29.2 Å². The molecule has 0 radical (unpaired) electrons. The van der Waals surface area contributed by atoms with E-state index >= 15 is 0 Å². The lowest BCUT2D eigenvalue weighted by Gasteiger charge is -2.23. The number of carboxylic acid groups (broad SMARTS) is 1. The van der Waals surface area contributed by atoms with E-state index in [0.29, 0.717) is 6.42 Å². The summed E-state index contributed by atoms with van der Waals surface area (Å²) in [6.45, 7) is 0.188. The average molecular weight is 343 g/mol. The van der Waals surface area contributed by atoms with Crippen molar-refractivity contribution in [1.29, 1.82) is 0 Å². The van der Waals surface area contributed by atoms with Gasteiger partial charge in [0.1, 0.15) is 5.56 Å². The van der Waals surface area contributed by atoms with Crippen LogP contribution in [0.1, 0.15) is 23.2 Å². The lowest BCUT2D eigenvalue weighted by Crippen LogP contribution is -2.37. The number of aliphatic carboxylic acids is 1. The molecule has 2 atom stereocenters. The fourth-order valence-electron chi connectivity index (χ4n) is 2.68. The highest BCUT2D eigenvalue weighted by Crippen LogP contribution is 2.29. The van der Waals surface area contributed by atoms with Crippen LogP contribution >= 0.6 is 11.6 Å². The van der Waals surface area contributed by atoms with E-state index in [-0.39, 0.29) is 29.7 Å². The number of amides is 1. The first-order chi connectivity index (χ1) is 10.8. The average Bonchev–Trinajstić information content (AvgIpc) is 2.88. The fourth-order valence-corrected chi connectivity index (χ4v) is 2.85. The van der Waals surface area contributed by atoms with Gasteiger partial charge in [-0.15, -0.1) is 0 Å². The summed E-state index contributed by atoms with van der Waals surface area (Å²) >= 11 is 5.74. The molecule has 0 spiro atoms. The monoisotopic (exact) mass is 342 g/mol. The molecule has 1 aliphatic heterocycles. The van der Waals surface area contributed by atoms with Crippen LogP contribution in [0.2, 0.25) is 5.02 Å². The number of likely N-dealkylation sites (tertiary alicyclic amines) is 1. The second kappa shape index (κ2) is 6.93. The zero-order valence-electron chi connectivity index (χ0n) is 12.3. The highest BCUT2D eigenvalue weighted by Gasteiger charge is 2.38. The van der Waals surface area contributed by atoms with Gasteiger partial charge in [-0.3, -0.25) is 19.7 Å². The van der Waals surface area contributed by atoms with Gasteiger partial charge in [-0.1, -0.05) is 11.6 Å². The van der Waals surface area contributed by atoms with Gasteiger partial charge < -0.3 is 14.7 Å². The van der Waals surface area contributed by atoms with Crippen LogP contribution in [0.25, 0.3) is 0 Å². The summed E-state index contributed by atoms with van der Waals surface area (Å²) in [5.74, 6) is -1.64. The molecule has 9 heteroatoms. The molecule has 2 rings (SSSR count). The number of nitro groups is 1. The standard InChI is InChI=1S/C14H15ClN2O6/c1-23-10-5-9(6-13(18)19)16(7-10)14(20)11-3-2-8(15)4-12(11)17(21)22/h2-4,9-10H,5-7H2,1H3,(H,18,19). The lowest BCUT2D eigenvalue weighted by atomic mass is 10.1. The number of methoxy groups -OCH3 is 1. The van der Waals surface area contributed by atoms with Crippen molar-refractivity contribution in [2.24, 2.45) is 0 Å². The number of hydrogen-bond donors (Lipinski definition) is 1. The molecule has 1 aliphatic rings. The van der Waals surface area contributed by atoms with Crippen LogP contribution in [0.5, 0.6) is 0 Å². The summed E-state index contributed by atoms with van der Waals surface area (Å²) in [5.41, 5.74) is -0.524. The van der Waals surface area contributed by atoms with E-state index in [9.17, 15) is 19.7 Å². The molecule has 1 aromatic rings. The Morgan fingerprint density at radius 1 is 1.52 bits per heavy atom. The Bertz CT molecular complexity index is 650. The summed E-state index contributed by atoms with van der Waals surface area (Å²) < 4.78 is 5.19. The number of carbonyl (C=O) groups is 2. The van der Waals surface area contributed by atoms with Crippen LogP contribution in [0, 0.1) is 10.1 Å². The molecule has 0 aromatic heterocycles. The Morgan fingerprint density at radius 2 is 2.22 bits per heavy atom. The van der Waals surface area contributed by atoms with E-state index in [4.69, 9.17) is 21.4 Å². The van der Waals surface area contributed by atoms with E-state index in [0.717, 1.165) is 6.07 Å². The second-order valence-corrected chi connectivity index (χ2v) is 5.66. The van der Waals surface area contributed by atoms with Gasteiger partial charge in [0, 0.05) is 30.8 Å². The first-order valence-electron chi connectivity index (χ1n) is 6.83. The number of benzene rings is 1. The normalized spacial score (nSPS) is 20.5. The fraction of sp³-hybridized carbons (Fsp3) is 0.429. The lowest BCUT2D eigenvalue weighted by molar-refractivity contribution is -0.385. The van der Waals surface area contributed by atoms with Gasteiger partial charge in [-0.2, -0.15) is 0 Å². The van der Waals surface area contributed by atoms with E-state index in [2.05, 4.69) is 0 Å². The number of halogens is 1. The Hall–Kier alpha value is -2.19. The number of carboxylic acids is 1. The summed E-state index contributed by atoms with van der Waals surface area (Å²) in [6, 6.07) is 3.20. The molecular formula is C14H15ClN2O6. The van der Waals surface area contributed by atoms with Crippen LogP contribution in [-0.4, -0.2) is 52.6 Å². The molecule has 1 fully saturated rings. The SMILES string of the molecule is COC1CC(CC(=O)O)N(C(=O)c2ccc(Cl)cc2[N+](=O)[O-])C1. The molecule has 2 unspecified atom stereocenters. The number of carbonyl (C=O) groups excluding carboxylic acids is 1. The van der Waals surface area contributed by atoms with Gasteiger partial charge in [0.2, 0.25) is 0 Å². The Labute approximate surface area is 136 Å². The Morgan fingerprint density at radius 3 is 2.78 bits per heavy atom. The van der Waals surface area contributed by atoms with Crippen molar-refractivity contribution in [2.45, 2.75) is 25.0 Å². The minimum atomic E-state index is -1.05. The third-order valence-electron chi connectivity index (χ3n) is 3.77. The van der Waals surface area contributed by atoms with Gasteiger partial charge >= 0.3 is 5.97 Å². The predicted octanol–water partition coefficient (Wildman–Crippen LogP) is 1.95. The highest BCUT2D eigenvalue weighted by atomic mass is 35.5. The predicted molar refractivity (Wildman–Crippen MR) is 80.6 cm³/mol. The van der Waals surface area contributed by atoms with Gasteiger partial charge in [-0.05, 0) is 18.6 Å². The molecule has 1 N–H and O–H groups in total. The molecular weight excluding hydrogens is 328 g/mol. The summed E-state index contributed by atoms with van der Waals surface area (Å²) in [6.07, 6.45) is -0.169. The second-order valence-electron chi connectivity index (χ2n) is 5.22. The van der Waals surface area contributed by atoms with Crippen LogP contribution in [-0.2, 0) is 9.53 Å². The van der Waals surface area contributed by atoms with Crippen molar-refractivity contribution in [3.63, 3.8) is 0 Å². The van der Waals surface area contributed by atoms with Crippen LogP contribution in [0.3, 0.4) is 0 Å². The number of nitro benzene ring substituents is 1. The molecule has 1 aromatic carbocycles.